The Morgan fingerprint density at radius 3 is 2.59 bits per heavy atom. The minimum absolute atomic E-state index is 0.347. The Bertz CT molecular complexity index is 481. The van der Waals surface area contributed by atoms with E-state index >= 15 is 0 Å². The molecule has 0 bridgehead atoms. The highest BCUT2D eigenvalue weighted by molar-refractivity contribution is 8.00. The van der Waals surface area contributed by atoms with Crippen molar-refractivity contribution in [2.75, 3.05) is 26.5 Å². The summed E-state index contributed by atoms with van der Waals surface area (Å²) in [6.07, 6.45) is 2.60. The molecule has 4 nitrogen and oxygen atoms in total. The molecule has 2 rings (SSSR count). The molecule has 1 atom stereocenters. The van der Waals surface area contributed by atoms with Gasteiger partial charge < -0.3 is 15.4 Å². The lowest BCUT2D eigenvalue weighted by Gasteiger charge is -2.24. The summed E-state index contributed by atoms with van der Waals surface area (Å²) in [5.41, 5.74) is 2.43. The Kier molecular flexibility index (Phi) is 6.58. The first-order valence-electron chi connectivity index (χ1n) is 7.80. The van der Waals surface area contributed by atoms with Gasteiger partial charge in [-0.25, -0.2) is 0 Å². The van der Waals surface area contributed by atoms with Crippen LogP contribution in [0.25, 0.3) is 0 Å². The van der Waals surface area contributed by atoms with Crippen LogP contribution < -0.4 is 10.6 Å². The van der Waals surface area contributed by atoms with Gasteiger partial charge in [-0.05, 0) is 36.6 Å². The second kappa shape index (κ2) is 8.44. The Morgan fingerprint density at radius 2 is 2.00 bits per heavy atom. The first kappa shape index (κ1) is 17.2. The zero-order valence-electron chi connectivity index (χ0n) is 13.8. The number of ether oxygens (including phenoxy) is 1. The molecule has 1 aliphatic heterocycles. The Morgan fingerprint density at radius 1 is 1.27 bits per heavy atom. The van der Waals surface area contributed by atoms with Crippen molar-refractivity contribution in [2.24, 2.45) is 4.99 Å². The van der Waals surface area contributed by atoms with Crippen LogP contribution in [0, 0.1) is 0 Å². The average molecular weight is 321 g/mol. The monoisotopic (exact) mass is 321 g/mol. The van der Waals surface area contributed by atoms with E-state index in [-0.39, 0.29) is 0 Å². The van der Waals surface area contributed by atoms with E-state index in [1.54, 1.807) is 7.11 Å². The van der Waals surface area contributed by atoms with Crippen LogP contribution >= 0.6 is 11.8 Å². The smallest absolute Gasteiger partial charge is 0.191 e. The highest BCUT2D eigenvalue weighted by atomic mass is 32.2. The SMILES string of the molecule is CN=C(NCc1ccc(COC)cc1)NCC1(C)CCCS1. The lowest BCUT2D eigenvalue weighted by atomic mass is 10.1. The van der Waals surface area contributed by atoms with Crippen molar-refractivity contribution in [2.45, 2.75) is 37.7 Å². The quantitative estimate of drug-likeness (QED) is 0.625. The van der Waals surface area contributed by atoms with E-state index in [1.807, 2.05) is 7.05 Å². The summed E-state index contributed by atoms with van der Waals surface area (Å²) in [5, 5.41) is 6.83. The standard InChI is InChI=1S/C17H27N3OS/c1-17(9-4-10-22-17)13-20-16(18-2)19-11-14-5-7-15(8-6-14)12-21-3/h5-8H,4,9-13H2,1-3H3,(H2,18,19,20). The number of aliphatic imine (C=N–C) groups is 1. The topological polar surface area (TPSA) is 45.7 Å². The molecule has 0 saturated carbocycles. The molecule has 1 aliphatic rings. The molecule has 122 valence electrons. The first-order valence-corrected chi connectivity index (χ1v) is 8.79. The molecule has 2 N–H and O–H groups in total. The summed E-state index contributed by atoms with van der Waals surface area (Å²) in [6.45, 7) is 4.73. The maximum atomic E-state index is 5.13. The third-order valence-corrected chi connectivity index (χ3v) is 5.49. The number of rotatable bonds is 6. The highest BCUT2D eigenvalue weighted by Gasteiger charge is 2.29. The number of hydrogen-bond donors (Lipinski definition) is 2. The lowest BCUT2D eigenvalue weighted by Crippen LogP contribution is -2.43. The molecule has 1 aromatic rings. The van der Waals surface area contributed by atoms with E-state index in [2.05, 4.69) is 58.6 Å². The highest BCUT2D eigenvalue weighted by Crippen LogP contribution is 2.36. The van der Waals surface area contributed by atoms with Gasteiger partial charge in [0.2, 0.25) is 0 Å². The molecule has 1 fully saturated rings. The van der Waals surface area contributed by atoms with E-state index < -0.39 is 0 Å². The number of nitrogens with zero attached hydrogens (tertiary/aromatic N) is 1. The Labute approximate surface area is 138 Å². The van der Waals surface area contributed by atoms with Crippen LogP contribution in [0.3, 0.4) is 0 Å². The maximum absolute atomic E-state index is 5.13. The minimum Gasteiger partial charge on any atom is -0.380 e. The Balaban J connectivity index is 1.78. The molecular formula is C17H27N3OS. The molecule has 22 heavy (non-hydrogen) atoms. The predicted octanol–water partition coefficient (Wildman–Crippen LogP) is 2.78. The van der Waals surface area contributed by atoms with E-state index in [1.165, 1.54) is 29.7 Å². The summed E-state index contributed by atoms with van der Waals surface area (Å²) in [7, 11) is 3.54. The van der Waals surface area contributed by atoms with E-state index in [9.17, 15) is 0 Å². The molecule has 0 amide bonds. The molecule has 0 spiro atoms. The van der Waals surface area contributed by atoms with Crippen LogP contribution in [0.4, 0.5) is 0 Å². The average Bonchev–Trinajstić information content (AvgIpc) is 2.96. The van der Waals surface area contributed by atoms with Crippen molar-refractivity contribution in [3.63, 3.8) is 0 Å². The number of hydrogen-bond acceptors (Lipinski definition) is 3. The van der Waals surface area contributed by atoms with Crippen LogP contribution in [0.5, 0.6) is 0 Å². The summed E-state index contributed by atoms with van der Waals surface area (Å²) >= 11 is 2.06. The van der Waals surface area contributed by atoms with E-state index in [0.717, 1.165) is 19.0 Å². The molecule has 1 aromatic carbocycles. The molecule has 1 heterocycles. The minimum atomic E-state index is 0.347. The summed E-state index contributed by atoms with van der Waals surface area (Å²) in [5.74, 6) is 2.15. The van der Waals surface area contributed by atoms with Gasteiger partial charge in [-0.1, -0.05) is 24.3 Å². The van der Waals surface area contributed by atoms with E-state index in [0.29, 0.717) is 11.4 Å². The lowest BCUT2D eigenvalue weighted by molar-refractivity contribution is 0.185. The van der Waals surface area contributed by atoms with Crippen molar-refractivity contribution in [1.82, 2.24) is 10.6 Å². The van der Waals surface area contributed by atoms with Crippen molar-refractivity contribution >= 4 is 17.7 Å². The second-order valence-electron chi connectivity index (χ2n) is 5.93. The molecular weight excluding hydrogens is 294 g/mol. The van der Waals surface area contributed by atoms with E-state index in [4.69, 9.17) is 4.74 Å². The van der Waals surface area contributed by atoms with Crippen LogP contribution in [0.15, 0.2) is 29.3 Å². The maximum Gasteiger partial charge on any atom is 0.191 e. The number of nitrogens with one attached hydrogen (secondary N) is 2. The number of benzene rings is 1. The van der Waals surface area contributed by atoms with Crippen LogP contribution in [0.1, 0.15) is 30.9 Å². The molecule has 0 aromatic heterocycles. The fourth-order valence-corrected chi connectivity index (χ4v) is 3.82. The summed E-state index contributed by atoms with van der Waals surface area (Å²) in [6, 6.07) is 8.46. The zero-order valence-corrected chi connectivity index (χ0v) is 14.6. The largest absolute Gasteiger partial charge is 0.380 e. The van der Waals surface area contributed by atoms with Crippen LogP contribution in [-0.2, 0) is 17.9 Å². The first-order chi connectivity index (χ1) is 10.6. The van der Waals surface area contributed by atoms with Gasteiger partial charge in [0, 0.05) is 32.0 Å². The van der Waals surface area contributed by atoms with Gasteiger partial charge in [-0.15, -0.1) is 0 Å². The van der Waals surface area contributed by atoms with Crippen molar-refractivity contribution < 1.29 is 4.74 Å². The number of thioether (sulfide) groups is 1. The fraction of sp³-hybridized carbons (Fsp3) is 0.588. The molecule has 1 saturated heterocycles. The fourth-order valence-electron chi connectivity index (χ4n) is 2.57. The van der Waals surface area contributed by atoms with Gasteiger partial charge >= 0.3 is 0 Å². The second-order valence-corrected chi connectivity index (χ2v) is 7.61. The molecule has 0 aliphatic carbocycles. The normalized spacial score (nSPS) is 21.9. The third kappa shape index (κ3) is 5.21. The van der Waals surface area contributed by atoms with Crippen molar-refractivity contribution in [1.29, 1.82) is 0 Å². The zero-order chi connectivity index (χ0) is 15.8. The van der Waals surface area contributed by atoms with Gasteiger partial charge in [0.25, 0.3) is 0 Å². The Hall–Kier alpha value is -1.20. The van der Waals surface area contributed by atoms with Crippen molar-refractivity contribution in [3.05, 3.63) is 35.4 Å². The summed E-state index contributed by atoms with van der Waals surface area (Å²) < 4.78 is 5.47. The predicted molar refractivity (Wildman–Crippen MR) is 95.5 cm³/mol. The summed E-state index contributed by atoms with van der Waals surface area (Å²) in [4.78, 5) is 4.31. The number of guanidine groups is 1. The van der Waals surface area contributed by atoms with Gasteiger partial charge in [-0.3, -0.25) is 4.99 Å². The number of methoxy groups -OCH3 is 1. The molecule has 1 unspecified atom stereocenters. The van der Waals surface area contributed by atoms with Gasteiger partial charge in [0.15, 0.2) is 5.96 Å². The molecule has 5 heteroatoms. The van der Waals surface area contributed by atoms with Gasteiger partial charge in [0.1, 0.15) is 0 Å². The van der Waals surface area contributed by atoms with Crippen LogP contribution in [-0.4, -0.2) is 37.2 Å². The third-order valence-electron chi connectivity index (χ3n) is 3.95. The van der Waals surface area contributed by atoms with Gasteiger partial charge in [-0.2, -0.15) is 11.8 Å². The van der Waals surface area contributed by atoms with Crippen LogP contribution in [0.2, 0.25) is 0 Å². The van der Waals surface area contributed by atoms with Crippen molar-refractivity contribution in [3.8, 4) is 0 Å². The molecule has 0 radical (unpaired) electrons. The van der Waals surface area contributed by atoms with Gasteiger partial charge in [0.05, 0.1) is 6.61 Å².